The fourth-order valence-corrected chi connectivity index (χ4v) is 2.08. The molecule has 0 atom stereocenters. The van der Waals surface area contributed by atoms with Gasteiger partial charge in [-0.3, -0.25) is 4.90 Å². The lowest BCUT2D eigenvalue weighted by molar-refractivity contribution is -0.136. The summed E-state index contributed by atoms with van der Waals surface area (Å²) in [5, 5.41) is 0. The molecule has 17 heavy (non-hydrogen) atoms. The molecule has 1 rings (SSSR count). The number of hydrogen-bond acceptors (Lipinski definition) is 4. The molecule has 1 heterocycles. The minimum atomic E-state index is -0.237. The average Bonchev–Trinajstić information content (AvgIpc) is 2.37. The molecule has 0 bridgehead atoms. The van der Waals surface area contributed by atoms with Crippen molar-refractivity contribution in [3.05, 3.63) is 11.6 Å². The molecule has 0 amide bonds. The Bertz CT molecular complexity index is 268. The molecule has 0 N–H and O–H groups in total. The molecule has 0 saturated carbocycles. The minimum absolute atomic E-state index is 0.237. The number of carbonyl (C=O) groups is 1. The van der Waals surface area contributed by atoms with Crippen molar-refractivity contribution < 1.29 is 14.3 Å². The molecule has 0 spiro atoms. The van der Waals surface area contributed by atoms with Gasteiger partial charge < -0.3 is 9.47 Å². The molecule has 1 saturated heterocycles. The first-order chi connectivity index (χ1) is 8.17. The summed E-state index contributed by atoms with van der Waals surface area (Å²) >= 11 is 0. The Kier molecular flexibility index (Phi) is 6.22. The van der Waals surface area contributed by atoms with Gasteiger partial charge >= 0.3 is 5.97 Å². The summed E-state index contributed by atoms with van der Waals surface area (Å²) in [6, 6.07) is 0. The van der Waals surface area contributed by atoms with Gasteiger partial charge in [0.25, 0.3) is 0 Å². The first-order valence-corrected chi connectivity index (χ1v) is 6.13. The van der Waals surface area contributed by atoms with E-state index in [1.165, 1.54) is 20.0 Å². The fraction of sp³-hybridized carbons (Fsp3) is 0.769. The zero-order valence-corrected chi connectivity index (χ0v) is 11.1. The Morgan fingerprint density at radius 3 is 2.53 bits per heavy atom. The number of carbonyl (C=O) groups excluding carboxylic acids is 1. The van der Waals surface area contributed by atoms with Crippen molar-refractivity contribution in [3.8, 4) is 0 Å². The largest absolute Gasteiger partial charge is 0.466 e. The zero-order valence-electron chi connectivity index (χ0n) is 11.1. The lowest BCUT2D eigenvalue weighted by Gasteiger charge is -2.30. The third-order valence-corrected chi connectivity index (χ3v) is 3.27. The van der Waals surface area contributed by atoms with Crippen molar-refractivity contribution in [1.82, 2.24) is 4.90 Å². The number of methoxy groups -OCH3 is 2. The number of piperidine rings is 1. The van der Waals surface area contributed by atoms with Crippen molar-refractivity contribution in [2.45, 2.75) is 19.8 Å². The Balaban J connectivity index is 2.28. The van der Waals surface area contributed by atoms with E-state index in [4.69, 9.17) is 4.74 Å². The molecule has 0 radical (unpaired) electrons. The van der Waals surface area contributed by atoms with Gasteiger partial charge in [-0.25, -0.2) is 4.79 Å². The van der Waals surface area contributed by atoms with Crippen LogP contribution in [0, 0.1) is 5.92 Å². The van der Waals surface area contributed by atoms with Gasteiger partial charge in [-0.05, 0) is 38.8 Å². The quantitative estimate of drug-likeness (QED) is 0.539. The van der Waals surface area contributed by atoms with Gasteiger partial charge in [0.2, 0.25) is 0 Å². The van der Waals surface area contributed by atoms with Crippen LogP contribution in [0.5, 0.6) is 0 Å². The van der Waals surface area contributed by atoms with Crippen molar-refractivity contribution in [2.24, 2.45) is 5.92 Å². The second-order valence-electron chi connectivity index (χ2n) is 4.58. The van der Waals surface area contributed by atoms with Crippen molar-refractivity contribution in [3.63, 3.8) is 0 Å². The normalized spacial score (nSPS) is 19.4. The third kappa shape index (κ3) is 4.88. The molecule has 1 aliphatic heterocycles. The Labute approximate surface area is 104 Å². The van der Waals surface area contributed by atoms with Gasteiger partial charge in [-0.2, -0.15) is 0 Å². The maximum atomic E-state index is 11.2. The Morgan fingerprint density at radius 1 is 1.35 bits per heavy atom. The van der Waals surface area contributed by atoms with E-state index in [0.29, 0.717) is 11.5 Å². The highest BCUT2D eigenvalue weighted by Gasteiger charge is 2.18. The van der Waals surface area contributed by atoms with Gasteiger partial charge in [0.1, 0.15) is 0 Å². The Morgan fingerprint density at radius 2 is 2.00 bits per heavy atom. The van der Waals surface area contributed by atoms with Crippen molar-refractivity contribution >= 4 is 5.97 Å². The topological polar surface area (TPSA) is 38.8 Å². The van der Waals surface area contributed by atoms with Crippen LogP contribution in [-0.2, 0) is 14.3 Å². The molecule has 0 aliphatic carbocycles. The highest BCUT2D eigenvalue weighted by molar-refractivity contribution is 5.87. The molecular weight excluding hydrogens is 218 g/mol. The summed E-state index contributed by atoms with van der Waals surface area (Å²) < 4.78 is 9.83. The van der Waals surface area contributed by atoms with Gasteiger partial charge in [0.05, 0.1) is 7.11 Å². The monoisotopic (exact) mass is 241 g/mol. The summed E-state index contributed by atoms with van der Waals surface area (Å²) in [5.41, 5.74) is 0.687. The molecule has 4 heteroatoms. The Hall–Kier alpha value is -0.870. The maximum Gasteiger partial charge on any atom is 0.333 e. The first kappa shape index (κ1) is 14.2. The number of esters is 1. The van der Waals surface area contributed by atoms with Gasteiger partial charge in [0, 0.05) is 25.8 Å². The first-order valence-electron chi connectivity index (χ1n) is 6.13. The molecule has 98 valence electrons. The maximum absolute atomic E-state index is 11.2. The van der Waals surface area contributed by atoms with Crippen LogP contribution in [0.4, 0.5) is 0 Å². The predicted molar refractivity (Wildman–Crippen MR) is 66.8 cm³/mol. The van der Waals surface area contributed by atoms with Crippen LogP contribution in [-0.4, -0.2) is 51.3 Å². The van der Waals surface area contributed by atoms with E-state index in [0.717, 1.165) is 26.2 Å². The predicted octanol–water partition coefficient (Wildman–Crippen LogP) is 1.46. The van der Waals surface area contributed by atoms with Gasteiger partial charge in [-0.1, -0.05) is 6.08 Å². The van der Waals surface area contributed by atoms with Crippen LogP contribution in [0.15, 0.2) is 11.6 Å². The SMILES string of the molecule is COCC1CCN(CC=C(C)C(=O)OC)CC1. The van der Waals surface area contributed by atoms with Crippen LogP contribution < -0.4 is 0 Å². The lowest BCUT2D eigenvalue weighted by Crippen LogP contribution is -2.35. The number of likely N-dealkylation sites (tertiary alicyclic amines) is 1. The van der Waals surface area contributed by atoms with Crippen LogP contribution in [0.2, 0.25) is 0 Å². The van der Waals surface area contributed by atoms with Crippen molar-refractivity contribution in [1.29, 1.82) is 0 Å². The van der Waals surface area contributed by atoms with E-state index >= 15 is 0 Å². The molecule has 0 aromatic heterocycles. The summed E-state index contributed by atoms with van der Waals surface area (Å²) in [6.07, 6.45) is 4.31. The lowest BCUT2D eigenvalue weighted by atomic mass is 9.98. The zero-order chi connectivity index (χ0) is 12.7. The van der Waals surface area contributed by atoms with E-state index in [9.17, 15) is 4.79 Å². The molecular formula is C13H23NO3. The molecule has 4 nitrogen and oxygen atoms in total. The van der Waals surface area contributed by atoms with E-state index in [1.54, 1.807) is 14.0 Å². The summed E-state index contributed by atoms with van der Waals surface area (Å²) in [6.45, 7) is 5.66. The third-order valence-electron chi connectivity index (χ3n) is 3.27. The van der Waals surface area contributed by atoms with Crippen molar-refractivity contribution in [2.75, 3.05) is 40.5 Å². The fourth-order valence-electron chi connectivity index (χ4n) is 2.08. The molecule has 0 aromatic carbocycles. The number of rotatable bonds is 5. The second kappa shape index (κ2) is 7.45. The molecule has 0 unspecified atom stereocenters. The van der Waals surface area contributed by atoms with E-state index in [2.05, 4.69) is 9.64 Å². The van der Waals surface area contributed by atoms with Crippen LogP contribution in [0.3, 0.4) is 0 Å². The van der Waals surface area contributed by atoms with Crippen LogP contribution in [0.1, 0.15) is 19.8 Å². The average molecular weight is 241 g/mol. The van der Waals surface area contributed by atoms with Gasteiger partial charge in [0.15, 0.2) is 0 Å². The number of nitrogens with zero attached hydrogens (tertiary/aromatic N) is 1. The smallest absolute Gasteiger partial charge is 0.333 e. The number of ether oxygens (including phenoxy) is 2. The highest BCUT2D eigenvalue weighted by Crippen LogP contribution is 2.17. The highest BCUT2D eigenvalue weighted by atomic mass is 16.5. The summed E-state index contributed by atoms with van der Waals surface area (Å²) in [4.78, 5) is 13.6. The second-order valence-corrected chi connectivity index (χ2v) is 4.58. The summed E-state index contributed by atoms with van der Waals surface area (Å²) in [5.74, 6) is 0.459. The summed E-state index contributed by atoms with van der Waals surface area (Å²) in [7, 11) is 3.17. The van der Waals surface area contributed by atoms with Crippen LogP contribution in [0.25, 0.3) is 0 Å². The molecule has 1 aliphatic rings. The molecule has 1 fully saturated rings. The number of hydrogen-bond donors (Lipinski definition) is 0. The van der Waals surface area contributed by atoms with E-state index in [1.807, 2.05) is 6.08 Å². The van der Waals surface area contributed by atoms with Gasteiger partial charge in [-0.15, -0.1) is 0 Å². The van der Waals surface area contributed by atoms with Crippen LogP contribution >= 0.6 is 0 Å². The standard InChI is InChI=1S/C13H23NO3/c1-11(13(15)17-3)4-7-14-8-5-12(6-9-14)10-16-2/h4,12H,5-10H2,1-3H3. The van der Waals surface area contributed by atoms with E-state index in [-0.39, 0.29) is 5.97 Å². The van der Waals surface area contributed by atoms with E-state index < -0.39 is 0 Å². The molecule has 0 aromatic rings. The minimum Gasteiger partial charge on any atom is -0.466 e.